The Hall–Kier alpha value is -3.79. The van der Waals surface area contributed by atoms with Gasteiger partial charge >= 0.3 is 5.69 Å². The summed E-state index contributed by atoms with van der Waals surface area (Å²) in [6, 6.07) is 13.0. The molecule has 32 heavy (non-hydrogen) atoms. The molecule has 0 fully saturated rings. The molecule has 0 saturated heterocycles. The van der Waals surface area contributed by atoms with Crippen LogP contribution in [0.1, 0.15) is 11.4 Å². The average molecular weight is 451 g/mol. The highest BCUT2D eigenvalue weighted by Gasteiger charge is 2.14. The first-order valence-electron chi connectivity index (χ1n) is 9.89. The number of thioether (sulfide) groups is 1. The van der Waals surface area contributed by atoms with Gasteiger partial charge in [0, 0.05) is 12.2 Å². The van der Waals surface area contributed by atoms with Crippen LogP contribution in [0.3, 0.4) is 0 Å². The zero-order valence-corrected chi connectivity index (χ0v) is 18.2. The van der Waals surface area contributed by atoms with Gasteiger partial charge in [-0.2, -0.15) is 0 Å². The minimum atomic E-state index is -0.289. The summed E-state index contributed by atoms with van der Waals surface area (Å²) >= 11 is 1.28. The van der Waals surface area contributed by atoms with E-state index in [0.29, 0.717) is 34.2 Å². The van der Waals surface area contributed by atoms with E-state index in [9.17, 15) is 9.59 Å². The van der Waals surface area contributed by atoms with Crippen LogP contribution in [0.25, 0.3) is 11.0 Å². The lowest BCUT2D eigenvalue weighted by atomic mass is 10.2. The molecule has 4 aromatic rings. The highest BCUT2D eigenvalue weighted by Crippen LogP contribution is 2.20. The van der Waals surface area contributed by atoms with Crippen LogP contribution in [0.2, 0.25) is 0 Å². The molecule has 3 N–H and O–H groups in total. The van der Waals surface area contributed by atoms with Crippen molar-refractivity contribution in [3.05, 3.63) is 77.0 Å². The molecule has 0 aliphatic rings. The molecule has 0 bridgehead atoms. The molecule has 0 saturated carbocycles. The van der Waals surface area contributed by atoms with Gasteiger partial charge in [-0.3, -0.25) is 9.36 Å². The maximum absolute atomic E-state index is 12.4. The number of hydrogen-bond acceptors (Lipinski definition) is 6. The number of aryl methyl sites for hydroxylation is 1. The molecule has 0 radical (unpaired) electrons. The second kappa shape index (κ2) is 9.56. The molecule has 0 atom stereocenters. The molecular weight excluding hydrogens is 428 g/mol. The number of allylic oxidation sites excluding steroid dienone is 1. The zero-order valence-electron chi connectivity index (χ0n) is 17.4. The summed E-state index contributed by atoms with van der Waals surface area (Å²) in [6.07, 6.45) is 1.75. The first kappa shape index (κ1) is 21.4. The zero-order chi connectivity index (χ0) is 22.5. The number of rotatable bonds is 9. The van der Waals surface area contributed by atoms with E-state index in [4.69, 9.17) is 4.74 Å². The number of H-pyrrole nitrogens is 2. The Labute approximate surface area is 187 Å². The molecule has 0 unspecified atom stereocenters. The number of carbonyl (C=O) groups is 1. The molecule has 2 aromatic heterocycles. The van der Waals surface area contributed by atoms with Crippen molar-refractivity contribution in [2.24, 2.45) is 0 Å². The van der Waals surface area contributed by atoms with Crippen LogP contribution in [-0.4, -0.2) is 36.4 Å². The summed E-state index contributed by atoms with van der Waals surface area (Å²) in [5.41, 5.74) is 2.73. The molecule has 2 heterocycles. The second-order valence-electron chi connectivity index (χ2n) is 7.08. The number of fused-ring (bicyclic) bond motifs is 1. The third-order valence-corrected chi connectivity index (χ3v) is 5.56. The first-order chi connectivity index (χ1) is 15.5. The van der Waals surface area contributed by atoms with E-state index in [2.05, 4.69) is 32.1 Å². The van der Waals surface area contributed by atoms with Crippen molar-refractivity contribution in [3.8, 4) is 5.75 Å². The van der Waals surface area contributed by atoms with Crippen LogP contribution >= 0.6 is 11.8 Å². The van der Waals surface area contributed by atoms with Crippen LogP contribution in [-0.2, 0) is 17.9 Å². The van der Waals surface area contributed by atoms with E-state index in [1.165, 1.54) is 11.8 Å². The lowest BCUT2D eigenvalue weighted by molar-refractivity contribution is -0.113. The van der Waals surface area contributed by atoms with Crippen molar-refractivity contribution in [2.45, 2.75) is 25.2 Å². The van der Waals surface area contributed by atoms with Crippen molar-refractivity contribution in [1.82, 2.24) is 24.7 Å². The molecule has 0 aliphatic carbocycles. The fourth-order valence-corrected chi connectivity index (χ4v) is 3.90. The number of ether oxygens (including phenoxy) is 1. The van der Waals surface area contributed by atoms with Crippen molar-refractivity contribution in [3.63, 3.8) is 0 Å². The van der Waals surface area contributed by atoms with Crippen LogP contribution in [0.5, 0.6) is 5.75 Å². The third-order valence-electron chi connectivity index (χ3n) is 4.59. The molecule has 4 rings (SSSR count). The Morgan fingerprint density at radius 2 is 2.06 bits per heavy atom. The van der Waals surface area contributed by atoms with Gasteiger partial charge in [-0.05, 0) is 42.8 Å². The summed E-state index contributed by atoms with van der Waals surface area (Å²) in [4.78, 5) is 29.1. The number of nitrogens with zero attached hydrogens (tertiary/aromatic N) is 3. The summed E-state index contributed by atoms with van der Waals surface area (Å²) in [7, 11) is 0. The van der Waals surface area contributed by atoms with Gasteiger partial charge in [0.15, 0.2) is 11.0 Å². The third kappa shape index (κ3) is 5.09. The SMILES string of the molecule is C=CCn1c(COc2cccc(C)c2)nnc1SCC(=O)Nc1ccc2[nH]c(=O)[nH]c2c1. The summed E-state index contributed by atoms with van der Waals surface area (Å²) in [5, 5.41) is 11.9. The lowest BCUT2D eigenvalue weighted by Gasteiger charge is -2.10. The van der Waals surface area contributed by atoms with Crippen molar-refractivity contribution in [1.29, 1.82) is 0 Å². The monoisotopic (exact) mass is 450 g/mol. The van der Waals surface area contributed by atoms with E-state index in [-0.39, 0.29) is 24.0 Å². The Morgan fingerprint density at radius 3 is 2.88 bits per heavy atom. The Morgan fingerprint density at radius 1 is 1.22 bits per heavy atom. The fraction of sp³-hybridized carbons (Fsp3) is 0.182. The molecule has 0 aliphatic heterocycles. The first-order valence-corrected chi connectivity index (χ1v) is 10.9. The standard InChI is InChI=1S/C22H22N6O3S/c1-3-9-28-19(12-31-16-6-4-5-14(2)10-16)26-27-22(28)32-13-20(29)23-15-7-8-17-18(11-15)25-21(30)24-17/h3-8,10-11H,1,9,12-13H2,2H3,(H,23,29)(H2,24,25,30). The quantitative estimate of drug-likeness (QED) is 0.266. The lowest BCUT2D eigenvalue weighted by Crippen LogP contribution is -2.15. The number of hydrogen-bond donors (Lipinski definition) is 3. The fourth-order valence-electron chi connectivity index (χ4n) is 3.14. The highest BCUT2D eigenvalue weighted by atomic mass is 32.2. The predicted octanol–water partition coefficient (Wildman–Crippen LogP) is 3.25. The Kier molecular flexibility index (Phi) is 6.41. The van der Waals surface area contributed by atoms with Crippen LogP contribution in [0.15, 0.2) is 65.1 Å². The average Bonchev–Trinajstić information content (AvgIpc) is 3.33. The number of aromatic nitrogens is 5. The van der Waals surface area contributed by atoms with Crippen LogP contribution < -0.4 is 15.7 Å². The molecule has 10 heteroatoms. The van der Waals surface area contributed by atoms with Gasteiger partial charge in [0.25, 0.3) is 0 Å². The minimum Gasteiger partial charge on any atom is -0.486 e. The van der Waals surface area contributed by atoms with E-state index < -0.39 is 0 Å². The van der Waals surface area contributed by atoms with Crippen LogP contribution in [0, 0.1) is 6.92 Å². The van der Waals surface area contributed by atoms with Crippen molar-refractivity contribution < 1.29 is 9.53 Å². The number of aromatic amines is 2. The maximum Gasteiger partial charge on any atom is 0.323 e. The molecule has 164 valence electrons. The van der Waals surface area contributed by atoms with Gasteiger partial charge in [0.2, 0.25) is 5.91 Å². The topological polar surface area (TPSA) is 118 Å². The van der Waals surface area contributed by atoms with Gasteiger partial charge in [-0.25, -0.2) is 4.79 Å². The maximum atomic E-state index is 12.4. The van der Waals surface area contributed by atoms with E-state index in [1.54, 1.807) is 24.3 Å². The largest absolute Gasteiger partial charge is 0.486 e. The van der Waals surface area contributed by atoms with E-state index in [1.807, 2.05) is 35.8 Å². The van der Waals surface area contributed by atoms with Crippen molar-refractivity contribution >= 4 is 34.4 Å². The number of nitrogens with one attached hydrogen (secondary N) is 3. The summed E-state index contributed by atoms with van der Waals surface area (Å²) < 4.78 is 7.71. The number of benzene rings is 2. The summed E-state index contributed by atoms with van der Waals surface area (Å²) in [6.45, 7) is 6.55. The van der Waals surface area contributed by atoms with Gasteiger partial charge in [0.05, 0.1) is 16.8 Å². The molecule has 0 spiro atoms. The summed E-state index contributed by atoms with van der Waals surface area (Å²) in [5.74, 6) is 1.36. The number of anilines is 1. The molecule has 2 aromatic carbocycles. The van der Waals surface area contributed by atoms with Gasteiger partial charge in [0.1, 0.15) is 12.4 Å². The smallest absolute Gasteiger partial charge is 0.323 e. The van der Waals surface area contributed by atoms with Gasteiger partial charge in [-0.15, -0.1) is 16.8 Å². The van der Waals surface area contributed by atoms with Gasteiger partial charge in [-0.1, -0.05) is 30.0 Å². The second-order valence-corrected chi connectivity index (χ2v) is 8.02. The van der Waals surface area contributed by atoms with Gasteiger partial charge < -0.3 is 20.0 Å². The molecular formula is C22H22N6O3S. The Bertz CT molecular complexity index is 1320. The number of amides is 1. The normalized spacial score (nSPS) is 10.9. The van der Waals surface area contributed by atoms with E-state index in [0.717, 1.165) is 11.3 Å². The Balaban J connectivity index is 1.38. The van der Waals surface area contributed by atoms with Crippen molar-refractivity contribution in [2.75, 3.05) is 11.1 Å². The highest BCUT2D eigenvalue weighted by molar-refractivity contribution is 7.99. The van der Waals surface area contributed by atoms with Crippen LogP contribution in [0.4, 0.5) is 5.69 Å². The van der Waals surface area contributed by atoms with E-state index >= 15 is 0 Å². The molecule has 9 nitrogen and oxygen atoms in total. The predicted molar refractivity (Wildman–Crippen MR) is 124 cm³/mol. The number of imidazole rings is 1. The minimum absolute atomic E-state index is 0.149. The number of carbonyl (C=O) groups excluding carboxylic acids is 1. The molecule has 1 amide bonds.